The van der Waals surface area contributed by atoms with E-state index < -0.39 is 0 Å². The van der Waals surface area contributed by atoms with Crippen LogP contribution in [0.5, 0.6) is 0 Å². The minimum atomic E-state index is -0.353. The van der Waals surface area contributed by atoms with E-state index in [1.165, 1.54) is 0 Å². The van der Waals surface area contributed by atoms with Crippen LogP contribution in [0.2, 0.25) is 0 Å². The highest BCUT2D eigenvalue weighted by molar-refractivity contribution is 6.01. The smallest absolute Gasteiger partial charge is 0.323 e. The van der Waals surface area contributed by atoms with E-state index in [4.69, 9.17) is 0 Å². The second kappa shape index (κ2) is 7.09. The fourth-order valence-corrected chi connectivity index (χ4v) is 1.82. The average Bonchev–Trinajstić information content (AvgIpc) is 2.48. The number of para-hydroxylation sites is 1. The van der Waals surface area contributed by atoms with Gasteiger partial charge in [-0.05, 0) is 37.3 Å². The summed E-state index contributed by atoms with van der Waals surface area (Å²) in [6, 6.07) is 15.6. The van der Waals surface area contributed by atoms with E-state index in [-0.39, 0.29) is 11.9 Å². The Morgan fingerprint density at radius 3 is 2.29 bits per heavy atom. The number of urea groups is 1. The molecule has 0 aliphatic heterocycles. The fourth-order valence-electron chi connectivity index (χ4n) is 1.82. The average molecular weight is 283 g/mol. The second-order valence-electron chi connectivity index (χ2n) is 4.39. The molecule has 2 rings (SSSR count). The Morgan fingerprint density at radius 2 is 1.57 bits per heavy atom. The number of carbonyl (C=O) groups is 2. The summed E-state index contributed by atoms with van der Waals surface area (Å²) in [5, 5.41) is 8.13. The Hall–Kier alpha value is -2.82. The summed E-state index contributed by atoms with van der Waals surface area (Å²) in [4.78, 5) is 23.6. The Kier molecular flexibility index (Phi) is 4.93. The Morgan fingerprint density at radius 1 is 0.905 bits per heavy atom. The van der Waals surface area contributed by atoms with Gasteiger partial charge in [0.2, 0.25) is 0 Å². The summed E-state index contributed by atoms with van der Waals surface area (Å²) < 4.78 is 0. The zero-order chi connectivity index (χ0) is 15.1. The molecule has 0 aromatic heterocycles. The molecule has 0 fully saturated rings. The zero-order valence-corrected chi connectivity index (χ0v) is 11.7. The number of amides is 3. The molecule has 0 saturated carbocycles. The highest BCUT2D eigenvalue weighted by Crippen LogP contribution is 2.12. The van der Waals surface area contributed by atoms with Gasteiger partial charge in [0.05, 0.1) is 0 Å². The minimum Gasteiger partial charge on any atom is -0.352 e. The Balaban J connectivity index is 2.01. The molecule has 21 heavy (non-hydrogen) atoms. The third-order valence-electron chi connectivity index (χ3n) is 2.75. The SMILES string of the molecule is CCNC(=O)c1cccc(NC(=O)Nc2ccccc2)c1. The van der Waals surface area contributed by atoms with Crippen molar-refractivity contribution in [2.45, 2.75) is 6.92 Å². The maximum absolute atomic E-state index is 11.9. The molecule has 0 aliphatic carbocycles. The van der Waals surface area contributed by atoms with Crippen molar-refractivity contribution in [3.8, 4) is 0 Å². The number of benzene rings is 2. The van der Waals surface area contributed by atoms with Gasteiger partial charge in [-0.2, -0.15) is 0 Å². The molecule has 3 N–H and O–H groups in total. The van der Waals surface area contributed by atoms with Gasteiger partial charge in [-0.15, -0.1) is 0 Å². The van der Waals surface area contributed by atoms with Crippen molar-refractivity contribution >= 4 is 23.3 Å². The molecular formula is C16H17N3O2. The number of hydrogen-bond donors (Lipinski definition) is 3. The highest BCUT2D eigenvalue weighted by Gasteiger charge is 2.07. The molecule has 0 bridgehead atoms. The summed E-state index contributed by atoms with van der Waals surface area (Å²) in [5.41, 5.74) is 1.77. The Bertz CT molecular complexity index is 626. The van der Waals surface area contributed by atoms with Crippen molar-refractivity contribution in [1.29, 1.82) is 0 Å². The summed E-state index contributed by atoms with van der Waals surface area (Å²) in [6.07, 6.45) is 0. The van der Waals surface area contributed by atoms with Gasteiger partial charge in [-0.3, -0.25) is 4.79 Å². The van der Waals surface area contributed by atoms with Crippen LogP contribution in [-0.4, -0.2) is 18.5 Å². The fraction of sp³-hybridized carbons (Fsp3) is 0.125. The molecule has 0 saturated heterocycles. The molecule has 5 heteroatoms. The lowest BCUT2D eigenvalue weighted by Crippen LogP contribution is -2.23. The number of nitrogens with one attached hydrogen (secondary N) is 3. The van der Waals surface area contributed by atoms with Gasteiger partial charge in [0.15, 0.2) is 0 Å². The van der Waals surface area contributed by atoms with Gasteiger partial charge in [-0.1, -0.05) is 24.3 Å². The van der Waals surface area contributed by atoms with Crippen LogP contribution in [0.4, 0.5) is 16.2 Å². The standard InChI is InChI=1S/C16H17N3O2/c1-2-17-15(20)12-7-6-10-14(11-12)19-16(21)18-13-8-4-3-5-9-13/h3-11H,2H2,1H3,(H,17,20)(H2,18,19,21). The van der Waals surface area contributed by atoms with E-state index in [2.05, 4.69) is 16.0 Å². The van der Waals surface area contributed by atoms with Crippen molar-refractivity contribution in [2.75, 3.05) is 17.2 Å². The van der Waals surface area contributed by atoms with Crippen molar-refractivity contribution in [1.82, 2.24) is 5.32 Å². The summed E-state index contributed by atoms with van der Waals surface area (Å²) in [6.45, 7) is 2.41. The van der Waals surface area contributed by atoms with E-state index in [0.29, 0.717) is 23.5 Å². The third-order valence-corrected chi connectivity index (χ3v) is 2.75. The molecule has 0 heterocycles. The topological polar surface area (TPSA) is 70.2 Å². The first-order chi connectivity index (χ1) is 10.2. The van der Waals surface area contributed by atoms with Crippen LogP contribution in [0.15, 0.2) is 54.6 Å². The molecule has 3 amide bonds. The van der Waals surface area contributed by atoms with E-state index in [0.717, 1.165) is 0 Å². The van der Waals surface area contributed by atoms with Crippen LogP contribution >= 0.6 is 0 Å². The number of rotatable bonds is 4. The van der Waals surface area contributed by atoms with Crippen LogP contribution in [0.3, 0.4) is 0 Å². The van der Waals surface area contributed by atoms with Crippen molar-refractivity contribution < 1.29 is 9.59 Å². The van der Waals surface area contributed by atoms with Crippen molar-refractivity contribution in [3.05, 3.63) is 60.2 Å². The maximum atomic E-state index is 11.9. The van der Waals surface area contributed by atoms with E-state index in [1.807, 2.05) is 25.1 Å². The first kappa shape index (κ1) is 14.6. The molecule has 0 aliphatic rings. The minimum absolute atomic E-state index is 0.162. The molecule has 0 atom stereocenters. The summed E-state index contributed by atoms with van der Waals surface area (Å²) >= 11 is 0. The zero-order valence-electron chi connectivity index (χ0n) is 11.7. The van der Waals surface area contributed by atoms with E-state index in [1.54, 1.807) is 36.4 Å². The van der Waals surface area contributed by atoms with Gasteiger partial charge in [0, 0.05) is 23.5 Å². The Labute approximate surface area is 123 Å². The predicted molar refractivity (Wildman–Crippen MR) is 83.5 cm³/mol. The lowest BCUT2D eigenvalue weighted by molar-refractivity contribution is 0.0956. The largest absolute Gasteiger partial charge is 0.352 e. The normalized spacial score (nSPS) is 9.76. The van der Waals surface area contributed by atoms with Crippen LogP contribution in [0.25, 0.3) is 0 Å². The van der Waals surface area contributed by atoms with Crippen LogP contribution in [-0.2, 0) is 0 Å². The van der Waals surface area contributed by atoms with Crippen LogP contribution in [0.1, 0.15) is 17.3 Å². The van der Waals surface area contributed by atoms with Crippen molar-refractivity contribution in [2.24, 2.45) is 0 Å². The predicted octanol–water partition coefficient (Wildman–Crippen LogP) is 3.08. The molecular weight excluding hydrogens is 266 g/mol. The van der Waals surface area contributed by atoms with Gasteiger partial charge < -0.3 is 16.0 Å². The molecule has 5 nitrogen and oxygen atoms in total. The first-order valence-electron chi connectivity index (χ1n) is 6.70. The van der Waals surface area contributed by atoms with E-state index >= 15 is 0 Å². The quantitative estimate of drug-likeness (QED) is 0.807. The highest BCUT2D eigenvalue weighted by atomic mass is 16.2. The van der Waals surface area contributed by atoms with Gasteiger partial charge in [0.1, 0.15) is 0 Å². The second-order valence-corrected chi connectivity index (χ2v) is 4.39. The van der Waals surface area contributed by atoms with Crippen LogP contribution < -0.4 is 16.0 Å². The molecule has 0 unspecified atom stereocenters. The summed E-state index contributed by atoms with van der Waals surface area (Å²) in [7, 11) is 0. The number of carbonyl (C=O) groups excluding carboxylic acids is 2. The van der Waals surface area contributed by atoms with Crippen molar-refractivity contribution in [3.63, 3.8) is 0 Å². The first-order valence-corrected chi connectivity index (χ1v) is 6.70. The number of hydrogen-bond acceptors (Lipinski definition) is 2. The van der Waals surface area contributed by atoms with Gasteiger partial charge in [-0.25, -0.2) is 4.79 Å². The van der Waals surface area contributed by atoms with E-state index in [9.17, 15) is 9.59 Å². The maximum Gasteiger partial charge on any atom is 0.323 e. The lowest BCUT2D eigenvalue weighted by atomic mass is 10.2. The molecule has 0 spiro atoms. The van der Waals surface area contributed by atoms with Crippen LogP contribution in [0, 0.1) is 0 Å². The third kappa shape index (κ3) is 4.35. The summed E-state index contributed by atoms with van der Waals surface area (Å²) in [5.74, 6) is -0.162. The number of anilines is 2. The molecule has 108 valence electrons. The molecule has 2 aromatic rings. The molecule has 0 radical (unpaired) electrons. The lowest BCUT2D eigenvalue weighted by Gasteiger charge is -2.09. The molecule has 2 aromatic carbocycles. The monoisotopic (exact) mass is 283 g/mol. The van der Waals surface area contributed by atoms with Gasteiger partial charge >= 0.3 is 6.03 Å². The van der Waals surface area contributed by atoms with Gasteiger partial charge in [0.25, 0.3) is 5.91 Å².